The van der Waals surface area contributed by atoms with Gasteiger partial charge in [-0.2, -0.15) is 0 Å². The van der Waals surface area contributed by atoms with Gasteiger partial charge >= 0.3 is 0 Å². The molecule has 2 amide bonds. The van der Waals surface area contributed by atoms with Crippen molar-refractivity contribution < 1.29 is 14.3 Å². The number of ether oxygens (including phenoxy) is 1. The number of hydrogen-bond acceptors (Lipinski definition) is 4. The summed E-state index contributed by atoms with van der Waals surface area (Å²) in [6.07, 6.45) is 0. The first kappa shape index (κ1) is 19.3. The van der Waals surface area contributed by atoms with Gasteiger partial charge in [0.05, 0.1) is 11.6 Å². The Hall–Kier alpha value is -2.44. The van der Waals surface area contributed by atoms with Crippen molar-refractivity contribution in [3.8, 4) is 5.75 Å². The van der Waals surface area contributed by atoms with Crippen molar-refractivity contribution in [2.24, 2.45) is 0 Å². The molecule has 2 N–H and O–H groups in total. The van der Waals surface area contributed by atoms with Gasteiger partial charge in [-0.25, -0.2) is 0 Å². The summed E-state index contributed by atoms with van der Waals surface area (Å²) in [7, 11) is 0. The monoisotopic (exact) mass is 407 g/mol. The molecule has 0 atom stereocenters. The number of nitrogens with zero attached hydrogens (tertiary/aromatic N) is 1. The minimum absolute atomic E-state index is 0.0254. The van der Waals surface area contributed by atoms with Gasteiger partial charge in [-0.15, -0.1) is 0 Å². The van der Waals surface area contributed by atoms with Crippen molar-refractivity contribution in [2.45, 2.75) is 6.54 Å². The maximum Gasteiger partial charge on any atom is 0.258 e. The average molecular weight is 408 g/mol. The molecule has 0 aromatic heterocycles. The van der Waals surface area contributed by atoms with Crippen LogP contribution >= 0.6 is 23.2 Å². The summed E-state index contributed by atoms with van der Waals surface area (Å²) < 4.78 is 5.40. The number of nitrogens with one attached hydrogen (secondary N) is 2. The first-order valence-corrected chi connectivity index (χ1v) is 9.22. The number of halogens is 2. The van der Waals surface area contributed by atoms with Crippen molar-refractivity contribution >= 4 is 40.7 Å². The third-order valence-corrected chi connectivity index (χ3v) is 4.63. The van der Waals surface area contributed by atoms with Gasteiger partial charge in [0, 0.05) is 36.4 Å². The minimum Gasteiger partial charge on any atom is -0.482 e. The van der Waals surface area contributed by atoms with E-state index in [9.17, 15) is 9.59 Å². The molecule has 0 saturated carbocycles. The summed E-state index contributed by atoms with van der Waals surface area (Å²) in [4.78, 5) is 25.5. The number of amides is 2. The highest BCUT2D eigenvalue weighted by molar-refractivity contribution is 6.34. The van der Waals surface area contributed by atoms with E-state index in [0.717, 1.165) is 17.8 Å². The van der Waals surface area contributed by atoms with Crippen molar-refractivity contribution in [1.82, 2.24) is 10.6 Å². The van der Waals surface area contributed by atoms with E-state index in [2.05, 4.69) is 10.6 Å². The normalized spacial score (nSPS) is 13.9. The van der Waals surface area contributed by atoms with Gasteiger partial charge in [-0.3, -0.25) is 9.59 Å². The molecule has 27 heavy (non-hydrogen) atoms. The Morgan fingerprint density at radius 3 is 2.70 bits per heavy atom. The first-order chi connectivity index (χ1) is 13.0. The van der Waals surface area contributed by atoms with Crippen LogP contribution in [-0.2, 0) is 16.1 Å². The number of hydrogen-bond donors (Lipinski definition) is 2. The fraction of sp³-hybridized carbons (Fsp3) is 0.263. The Balaban J connectivity index is 1.47. The average Bonchev–Trinajstić information content (AvgIpc) is 2.67. The Bertz CT molecular complexity index is 827. The molecule has 1 heterocycles. The third-order valence-electron chi connectivity index (χ3n) is 4.08. The van der Waals surface area contributed by atoms with E-state index < -0.39 is 0 Å². The number of benzene rings is 2. The second-order valence-electron chi connectivity index (χ2n) is 6.08. The molecular weight excluding hydrogens is 389 g/mol. The predicted octanol–water partition coefficient (Wildman–Crippen LogP) is 2.62. The van der Waals surface area contributed by atoms with Gasteiger partial charge < -0.3 is 20.3 Å². The van der Waals surface area contributed by atoms with Gasteiger partial charge in [-0.05, 0) is 29.8 Å². The number of piperazine rings is 1. The van der Waals surface area contributed by atoms with Gasteiger partial charge in [0.15, 0.2) is 6.61 Å². The van der Waals surface area contributed by atoms with E-state index >= 15 is 0 Å². The molecule has 1 aliphatic rings. The van der Waals surface area contributed by atoms with Crippen LogP contribution in [0.2, 0.25) is 10.0 Å². The summed E-state index contributed by atoms with van der Waals surface area (Å²) in [6.45, 7) is 2.02. The van der Waals surface area contributed by atoms with Crippen molar-refractivity contribution in [3.05, 3.63) is 58.1 Å². The summed E-state index contributed by atoms with van der Waals surface area (Å²) in [5.41, 5.74) is 1.94. The van der Waals surface area contributed by atoms with Crippen LogP contribution in [0.1, 0.15) is 5.56 Å². The number of carbonyl (C=O) groups excluding carboxylic acids is 2. The molecule has 2 aromatic carbocycles. The van der Waals surface area contributed by atoms with Gasteiger partial charge in [0.1, 0.15) is 5.75 Å². The van der Waals surface area contributed by atoms with E-state index in [4.69, 9.17) is 27.9 Å². The summed E-state index contributed by atoms with van der Waals surface area (Å²) >= 11 is 11.9. The van der Waals surface area contributed by atoms with E-state index in [0.29, 0.717) is 35.4 Å². The van der Waals surface area contributed by atoms with Crippen LogP contribution in [0.25, 0.3) is 0 Å². The zero-order valence-corrected chi connectivity index (χ0v) is 16.0. The Morgan fingerprint density at radius 1 is 1.19 bits per heavy atom. The van der Waals surface area contributed by atoms with Crippen LogP contribution in [0.5, 0.6) is 5.75 Å². The topological polar surface area (TPSA) is 70.7 Å². The largest absolute Gasteiger partial charge is 0.482 e. The van der Waals surface area contributed by atoms with Crippen LogP contribution in [0.4, 0.5) is 5.69 Å². The second-order valence-corrected chi connectivity index (χ2v) is 6.92. The molecule has 0 spiro atoms. The van der Waals surface area contributed by atoms with Gasteiger partial charge in [0.25, 0.3) is 5.91 Å². The molecule has 0 bridgehead atoms. The molecule has 1 fully saturated rings. The van der Waals surface area contributed by atoms with E-state index in [1.54, 1.807) is 18.2 Å². The standard InChI is InChI=1S/C19H19Cl2N3O3/c20-14-3-6-16(21)17(9-14)27-12-19(26)23-10-13-1-4-15(5-2-13)24-8-7-22-18(25)11-24/h1-6,9H,7-8,10-12H2,(H,22,25)(H,23,26). The first-order valence-electron chi connectivity index (χ1n) is 8.46. The molecule has 2 aromatic rings. The molecule has 6 nitrogen and oxygen atoms in total. The van der Waals surface area contributed by atoms with Crippen molar-refractivity contribution in [1.29, 1.82) is 0 Å². The minimum atomic E-state index is -0.261. The Kier molecular flexibility index (Phi) is 6.42. The lowest BCUT2D eigenvalue weighted by molar-refractivity contribution is -0.123. The zero-order valence-electron chi connectivity index (χ0n) is 14.5. The number of anilines is 1. The summed E-state index contributed by atoms with van der Waals surface area (Å²) in [5, 5.41) is 6.48. The highest BCUT2D eigenvalue weighted by Gasteiger charge is 2.16. The molecular formula is C19H19Cl2N3O3. The molecule has 1 saturated heterocycles. The second kappa shape index (κ2) is 8.97. The SMILES string of the molecule is O=C(COc1cc(Cl)ccc1Cl)NCc1ccc(N2CCNC(=O)C2)cc1. The molecule has 0 radical (unpaired) electrons. The fourth-order valence-electron chi connectivity index (χ4n) is 2.67. The molecule has 142 valence electrons. The number of rotatable bonds is 6. The fourth-order valence-corrected chi connectivity index (χ4v) is 3.00. The molecule has 3 rings (SSSR count). The highest BCUT2D eigenvalue weighted by Crippen LogP contribution is 2.27. The van der Waals surface area contributed by atoms with Crippen LogP contribution in [0.3, 0.4) is 0 Å². The van der Waals surface area contributed by atoms with Crippen molar-refractivity contribution in [3.63, 3.8) is 0 Å². The Labute approximate surface area is 167 Å². The molecule has 1 aliphatic heterocycles. The molecule has 8 heteroatoms. The maximum atomic E-state index is 12.0. The zero-order chi connectivity index (χ0) is 19.2. The maximum absolute atomic E-state index is 12.0. The Morgan fingerprint density at radius 2 is 1.96 bits per heavy atom. The quantitative estimate of drug-likeness (QED) is 0.771. The van der Waals surface area contributed by atoms with Crippen molar-refractivity contribution in [2.75, 3.05) is 31.1 Å². The predicted molar refractivity (Wildman–Crippen MR) is 105 cm³/mol. The van der Waals surface area contributed by atoms with E-state index in [-0.39, 0.29) is 18.4 Å². The van der Waals surface area contributed by atoms with Crippen LogP contribution in [0, 0.1) is 0 Å². The van der Waals surface area contributed by atoms with E-state index in [1.807, 2.05) is 29.2 Å². The third kappa shape index (κ3) is 5.52. The highest BCUT2D eigenvalue weighted by atomic mass is 35.5. The number of carbonyl (C=O) groups is 2. The molecule has 0 aliphatic carbocycles. The smallest absolute Gasteiger partial charge is 0.258 e. The summed E-state index contributed by atoms with van der Waals surface area (Å²) in [6, 6.07) is 12.6. The van der Waals surface area contributed by atoms with Crippen LogP contribution < -0.4 is 20.3 Å². The summed E-state index contributed by atoms with van der Waals surface area (Å²) in [5.74, 6) is 0.134. The lowest BCUT2D eigenvalue weighted by Gasteiger charge is -2.28. The van der Waals surface area contributed by atoms with Gasteiger partial charge in [-0.1, -0.05) is 35.3 Å². The lowest BCUT2D eigenvalue weighted by Crippen LogP contribution is -2.47. The molecule has 0 unspecified atom stereocenters. The lowest BCUT2D eigenvalue weighted by atomic mass is 10.2. The van der Waals surface area contributed by atoms with Crippen LogP contribution in [0.15, 0.2) is 42.5 Å². The van der Waals surface area contributed by atoms with Crippen LogP contribution in [-0.4, -0.2) is 38.1 Å². The van der Waals surface area contributed by atoms with E-state index in [1.165, 1.54) is 0 Å². The van der Waals surface area contributed by atoms with Gasteiger partial charge in [0.2, 0.25) is 5.91 Å².